The van der Waals surface area contributed by atoms with Crippen LogP contribution in [-0.2, 0) is 25.5 Å². The highest BCUT2D eigenvalue weighted by Gasteiger charge is 2.71. The van der Waals surface area contributed by atoms with Crippen LogP contribution in [0.3, 0.4) is 0 Å². The van der Waals surface area contributed by atoms with Gasteiger partial charge in [-0.2, -0.15) is 0 Å². The first-order valence-electron chi connectivity index (χ1n) is 12.9. The molecule has 3 heterocycles. The van der Waals surface area contributed by atoms with Gasteiger partial charge < -0.3 is 4.74 Å². The second-order valence-corrected chi connectivity index (χ2v) is 11.7. The van der Waals surface area contributed by atoms with E-state index in [1.54, 1.807) is 11.1 Å². The van der Waals surface area contributed by atoms with Gasteiger partial charge in [0.15, 0.2) is 10.7 Å². The maximum Gasteiger partial charge on any atom is 0.294 e. The molecule has 2 fully saturated rings. The van der Waals surface area contributed by atoms with E-state index in [2.05, 4.69) is 10.2 Å². The van der Waals surface area contributed by atoms with Crippen molar-refractivity contribution in [2.45, 2.75) is 76.8 Å². The monoisotopic (exact) mass is 545 g/mol. The lowest BCUT2D eigenvalue weighted by molar-refractivity contribution is -0.921. The van der Waals surface area contributed by atoms with Gasteiger partial charge in [-0.3, -0.25) is 23.8 Å². The first-order chi connectivity index (χ1) is 18.0. The van der Waals surface area contributed by atoms with Crippen molar-refractivity contribution in [2.75, 3.05) is 13.6 Å². The molecule has 2 unspecified atom stereocenters. The minimum Gasteiger partial charge on any atom is -0.376 e. The van der Waals surface area contributed by atoms with E-state index >= 15 is 0 Å². The first-order valence-corrected chi connectivity index (χ1v) is 13.7. The van der Waals surface area contributed by atoms with Gasteiger partial charge in [0.1, 0.15) is 28.4 Å². The highest BCUT2D eigenvalue weighted by Crippen LogP contribution is 2.51. The van der Waals surface area contributed by atoms with Gasteiger partial charge in [-0.05, 0) is 45.2 Å². The number of rotatable bonds is 6. The van der Waals surface area contributed by atoms with Gasteiger partial charge in [0.2, 0.25) is 11.8 Å². The summed E-state index contributed by atoms with van der Waals surface area (Å²) < 4.78 is 33.5. The standard InChI is InChI=1S/C27H31F2N4O4S/c1-5-32-26(36)22-24(35)23(34)19(14-33(22,4)27(32)10-8-18(9-11-27)37-15(2)3)25-31-30-21(38-25)12-16-6-7-17(28)13-20(16)29/h6-7,13-15,18,22H,5,8-12H2,1-4H3/q+1. The molecule has 202 valence electrons. The highest BCUT2D eigenvalue weighted by molar-refractivity contribution is 7.13. The van der Waals surface area contributed by atoms with E-state index in [4.69, 9.17) is 4.74 Å². The first kappa shape index (κ1) is 26.7. The average molecular weight is 546 g/mol. The molecule has 2 aromatic rings. The third-order valence-corrected chi connectivity index (χ3v) is 9.07. The van der Waals surface area contributed by atoms with E-state index in [1.807, 2.05) is 27.8 Å². The number of quaternary nitrogens is 1. The number of allylic oxidation sites excluding steroid dienone is 1. The lowest BCUT2D eigenvalue weighted by atomic mass is 9.82. The topological polar surface area (TPSA) is 89.5 Å². The zero-order valence-corrected chi connectivity index (χ0v) is 22.7. The molecule has 0 N–H and O–H groups in total. The number of nitrogens with zero attached hydrogens (tertiary/aromatic N) is 4. The lowest BCUT2D eigenvalue weighted by Crippen LogP contribution is -2.67. The normalized spacial score (nSPS) is 29.4. The number of carbonyl (C=O) groups is 3. The Morgan fingerprint density at radius 2 is 1.89 bits per heavy atom. The molecule has 38 heavy (non-hydrogen) atoms. The Kier molecular flexibility index (Phi) is 6.81. The van der Waals surface area contributed by atoms with Crippen molar-refractivity contribution < 1.29 is 32.4 Å². The summed E-state index contributed by atoms with van der Waals surface area (Å²) in [5, 5.41) is 8.93. The molecule has 1 saturated heterocycles. The number of halogens is 2. The van der Waals surface area contributed by atoms with Crippen molar-refractivity contribution in [1.82, 2.24) is 15.1 Å². The van der Waals surface area contributed by atoms with Gasteiger partial charge in [0.05, 0.1) is 19.3 Å². The molecule has 1 saturated carbocycles. The number of hydrogen-bond acceptors (Lipinski definition) is 7. The molecule has 5 rings (SSSR count). The van der Waals surface area contributed by atoms with E-state index in [0.29, 0.717) is 24.4 Å². The molecule has 2 aliphatic heterocycles. The second kappa shape index (κ2) is 9.69. The number of ketones is 2. The number of fused-ring (bicyclic) bond motifs is 2. The zero-order valence-electron chi connectivity index (χ0n) is 21.9. The van der Waals surface area contributed by atoms with Crippen LogP contribution >= 0.6 is 11.3 Å². The van der Waals surface area contributed by atoms with E-state index < -0.39 is 34.9 Å². The second-order valence-electron chi connectivity index (χ2n) is 10.6. The number of ether oxygens (including phenoxy) is 1. The minimum atomic E-state index is -1.13. The molecule has 3 aliphatic rings. The summed E-state index contributed by atoms with van der Waals surface area (Å²) in [4.78, 5) is 42.1. The highest BCUT2D eigenvalue weighted by atomic mass is 32.1. The Morgan fingerprint density at radius 3 is 2.53 bits per heavy atom. The van der Waals surface area contributed by atoms with Crippen LogP contribution in [0.15, 0.2) is 24.4 Å². The van der Waals surface area contributed by atoms with Crippen molar-refractivity contribution in [1.29, 1.82) is 0 Å². The minimum absolute atomic E-state index is 0.0184. The fourth-order valence-electron chi connectivity index (χ4n) is 6.41. The van der Waals surface area contributed by atoms with Gasteiger partial charge >= 0.3 is 0 Å². The van der Waals surface area contributed by atoms with E-state index in [0.717, 1.165) is 30.2 Å². The Labute approximate surface area is 223 Å². The van der Waals surface area contributed by atoms with Crippen molar-refractivity contribution in [3.05, 3.63) is 51.6 Å². The molecule has 1 amide bonds. The summed E-state index contributed by atoms with van der Waals surface area (Å²) in [6.07, 6.45) is 4.69. The molecule has 1 aliphatic carbocycles. The quantitative estimate of drug-likeness (QED) is 0.313. The average Bonchev–Trinajstić information content (AvgIpc) is 3.39. The van der Waals surface area contributed by atoms with Crippen molar-refractivity contribution in [2.24, 2.45) is 0 Å². The van der Waals surface area contributed by atoms with Crippen LogP contribution in [0.1, 0.15) is 62.0 Å². The zero-order chi connectivity index (χ0) is 27.4. The fourth-order valence-corrected chi connectivity index (χ4v) is 7.28. The number of hydrogen-bond donors (Lipinski definition) is 0. The van der Waals surface area contributed by atoms with Gasteiger partial charge in [-0.1, -0.05) is 17.4 Å². The van der Waals surface area contributed by atoms with Crippen LogP contribution < -0.4 is 0 Å². The number of benzene rings is 1. The molecule has 2 atom stereocenters. The van der Waals surface area contributed by atoms with Gasteiger partial charge in [-0.25, -0.2) is 8.78 Å². The van der Waals surface area contributed by atoms with Crippen LogP contribution in [0, 0.1) is 11.6 Å². The van der Waals surface area contributed by atoms with Crippen LogP contribution in [0.5, 0.6) is 0 Å². The van der Waals surface area contributed by atoms with Crippen molar-refractivity contribution in [3.8, 4) is 0 Å². The van der Waals surface area contributed by atoms with Crippen LogP contribution in [0.4, 0.5) is 8.78 Å². The summed E-state index contributed by atoms with van der Waals surface area (Å²) in [6.45, 7) is 6.31. The number of aromatic nitrogens is 2. The Morgan fingerprint density at radius 1 is 1.18 bits per heavy atom. The van der Waals surface area contributed by atoms with E-state index in [-0.39, 0.29) is 45.2 Å². The maximum atomic E-state index is 14.2. The maximum absolute atomic E-state index is 14.2. The third-order valence-electron chi connectivity index (χ3n) is 8.12. The van der Waals surface area contributed by atoms with E-state index in [1.165, 1.54) is 12.1 Å². The van der Waals surface area contributed by atoms with Crippen LogP contribution in [0.2, 0.25) is 0 Å². The predicted molar refractivity (Wildman–Crippen MR) is 136 cm³/mol. The molecular formula is C27H31F2N4O4S+. The fraction of sp³-hybridized carbons (Fsp3) is 0.519. The van der Waals surface area contributed by atoms with Crippen LogP contribution in [0.25, 0.3) is 5.57 Å². The van der Waals surface area contributed by atoms with Crippen molar-refractivity contribution >= 4 is 34.4 Å². The predicted octanol–water partition coefficient (Wildman–Crippen LogP) is 3.64. The van der Waals surface area contributed by atoms with E-state index in [9.17, 15) is 23.2 Å². The van der Waals surface area contributed by atoms with Crippen LogP contribution in [-0.4, -0.2) is 74.6 Å². The number of amides is 1. The molecule has 11 heteroatoms. The molecule has 8 nitrogen and oxygen atoms in total. The summed E-state index contributed by atoms with van der Waals surface area (Å²) in [6, 6.07) is 2.18. The summed E-state index contributed by atoms with van der Waals surface area (Å²) >= 11 is 1.08. The summed E-state index contributed by atoms with van der Waals surface area (Å²) in [5.74, 6) is -3.20. The molecule has 1 aromatic heterocycles. The Balaban J connectivity index is 1.51. The molecule has 0 radical (unpaired) electrons. The van der Waals surface area contributed by atoms with Gasteiger partial charge in [0.25, 0.3) is 11.7 Å². The SMILES string of the molecule is CCN1C(=O)C2C(=O)C(=O)C(c3nnc(Cc4ccc(F)cc4F)s3)=C[N+]2(C)C12CCC(OC(C)C)CC2. The lowest BCUT2D eigenvalue weighted by Gasteiger charge is -2.51. The summed E-state index contributed by atoms with van der Waals surface area (Å²) in [5.41, 5.74) is -0.321. The number of Topliss-reactive ketones (excluding diaryl/α,β-unsaturated/α-hetero) is 2. The Hall–Kier alpha value is -2.89. The summed E-state index contributed by atoms with van der Waals surface area (Å²) in [7, 11) is 1.85. The molecule has 0 bridgehead atoms. The number of likely N-dealkylation sites (N-methyl/N-ethyl adjacent to an activating group) is 2. The smallest absolute Gasteiger partial charge is 0.294 e. The van der Waals surface area contributed by atoms with Gasteiger partial charge in [-0.15, -0.1) is 10.2 Å². The number of carbonyl (C=O) groups excluding carboxylic acids is 3. The molecule has 1 aromatic carbocycles. The van der Waals surface area contributed by atoms with Crippen molar-refractivity contribution in [3.63, 3.8) is 0 Å². The Bertz CT molecular complexity index is 1330. The molecular weight excluding hydrogens is 514 g/mol. The molecule has 1 spiro atoms. The third kappa shape index (κ3) is 4.11. The van der Waals surface area contributed by atoms with Gasteiger partial charge in [0, 0.05) is 31.9 Å². The largest absolute Gasteiger partial charge is 0.376 e.